The first-order valence-corrected chi connectivity index (χ1v) is 11.9. The largest absolute Gasteiger partial charge is 0.466 e. The minimum atomic E-state index is -0.196. The van der Waals surface area contributed by atoms with E-state index in [9.17, 15) is 14.4 Å². The summed E-state index contributed by atoms with van der Waals surface area (Å²) in [5, 5.41) is 4.02. The van der Waals surface area contributed by atoms with Crippen LogP contribution in [0.4, 0.5) is 0 Å². The number of carbonyl (C=O) groups excluding carboxylic acids is 3. The van der Waals surface area contributed by atoms with Gasteiger partial charge in [-0.25, -0.2) is 0 Å². The maximum Gasteiger partial charge on any atom is 0.309 e. The highest BCUT2D eigenvalue weighted by molar-refractivity contribution is 5.85. The summed E-state index contributed by atoms with van der Waals surface area (Å²) in [6.45, 7) is 7.41. The molecule has 1 aliphatic rings. The first-order chi connectivity index (χ1) is 16.3. The smallest absolute Gasteiger partial charge is 0.309 e. The van der Waals surface area contributed by atoms with Crippen molar-refractivity contribution in [1.82, 2.24) is 19.9 Å². The van der Waals surface area contributed by atoms with Gasteiger partial charge in [0, 0.05) is 38.5 Å². The molecule has 2 aromatic rings. The maximum absolute atomic E-state index is 12.6. The van der Waals surface area contributed by atoms with Gasteiger partial charge in [-0.05, 0) is 31.2 Å². The summed E-state index contributed by atoms with van der Waals surface area (Å²) < 4.78 is 10.4. The van der Waals surface area contributed by atoms with Gasteiger partial charge in [-0.15, -0.1) is 0 Å². The number of likely N-dealkylation sites (N-methyl/N-ethyl adjacent to an activating group) is 1. The highest BCUT2D eigenvalue weighted by Crippen LogP contribution is 2.21. The highest BCUT2D eigenvalue weighted by atomic mass is 16.5. The number of hydrogen-bond donors (Lipinski definition) is 0. The van der Waals surface area contributed by atoms with Crippen LogP contribution in [-0.2, 0) is 25.5 Å². The van der Waals surface area contributed by atoms with Crippen LogP contribution in [0.2, 0.25) is 0 Å². The molecule has 0 N–H and O–H groups in total. The van der Waals surface area contributed by atoms with Crippen molar-refractivity contribution in [3.05, 3.63) is 35.7 Å². The molecule has 9 heteroatoms. The second kappa shape index (κ2) is 11.8. The molecule has 1 fully saturated rings. The van der Waals surface area contributed by atoms with Crippen LogP contribution in [0.5, 0.6) is 0 Å². The topological polar surface area (TPSA) is 106 Å². The van der Waals surface area contributed by atoms with Crippen molar-refractivity contribution in [2.45, 2.75) is 52.4 Å². The van der Waals surface area contributed by atoms with Gasteiger partial charge in [0.1, 0.15) is 0 Å². The molecule has 1 saturated heterocycles. The van der Waals surface area contributed by atoms with E-state index < -0.39 is 0 Å². The van der Waals surface area contributed by atoms with Crippen LogP contribution in [-0.4, -0.2) is 71.0 Å². The number of nitrogens with zero attached hydrogens (tertiary/aromatic N) is 4. The Bertz CT molecular complexity index is 977. The quantitative estimate of drug-likeness (QED) is 0.519. The third-order valence-electron chi connectivity index (χ3n) is 6.12. The van der Waals surface area contributed by atoms with Crippen molar-refractivity contribution < 1.29 is 23.6 Å². The Morgan fingerprint density at radius 2 is 1.85 bits per heavy atom. The standard InChI is InChI=1S/C25H34N4O5/c1-5-33-25(32)20-12-14-29(15-13-20)23(31)16-28(4)22(30)11-10-21-26-24(27-34-21)19-8-6-18(7-9-19)17(2)3/h6-9,17,20H,5,10-16H2,1-4H3. The van der Waals surface area contributed by atoms with Gasteiger partial charge in [0.2, 0.25) is 23.5 Å². The Kier molecular flexibility index (Phi) is 8.79. The summed E-state index contributed by atoms with van der Waals surface area (Å²) in [6.07, 6.45) is 1.64. The number of amides is 2. The summed E-state index contributed by atoms with van der Waals surface area (Å²) in [4.78, 5) is 44.5. The lowest BCUT2D eigenvalue weighted by atomic mass is 9.97. The van der Waals surface area contributed by atoms with Crippen LogP contribution in [0.3, 0.4) is 0 Å². The Hall–Kier alpha value is -3.23. The number of aromatic nitrogens is 2. The molecule has 1 aliphatic heterocycles. The number of rotatable bonds is 9. The number of piperidine rings is 1. The summed E-state index contributed by atoms with van der Waals surface area (Å²) in [5.41, 5.74) is 2.10. The van der Waals surface area contributed by atoms with E-state index in [-0.39, 0.29) is 36.7 Å². The van der Waals surface area contributed by atoms with Crippen molar-refractivity contribution in [1.29, 1.82) is 0 Å². The molecule has 1 aromatic carbocycles. The summed E-state index contributed by atoms with van der Waals surface area (Å²) in [7, 11) is 1.61. The zero-order chi connectivity index (χ0) is 24.7. The second-order valence-electron chi connectivity index (χ2n) is 8.95. The predicted octanol–water partition coefficient (Wildman–Crippen LogP) is 3.05. The van der Waals surface area contributed by atoms with Gasteiger partial charge in [0.25, 0.3) is 0 Å². The van der Waals surface area contributed by atoms with Crippen molar-refractivity contribution in [3.63, 3.8) is 0 Å². The van der Waals surface area contributed by atoms with Gasteiger partial charge in [-0.1, -0.05) is 43.3 Å². The van der Waals surface area contributed by atoms with E-state index in [0.717, 1.165) is 5.56 Å². The van der Waals surface area contributed by atoms with Crippen LogP contribution in [0.1, 0.15) is 57.4 Å². The summed E-state index contributed by atoms with van der Waals surface area (Å²) in [5.74, 6) is 0.680. The molecule has 1 aromatic heterocycles. The molecule has 0 unspecified atom stereocenters. The molecule has 0 saturated carbocycles. The average molecular weight is 471 g/mol. The molecular weight excluding hydrogens is 436 g/mol. The van der Waals surface area contributed by atoms with Gasteiger partial charge < -0.3 is 19.1 Å². The molecule has 0 bridgehead atoms. The van der Waals surface area contributed by atoms with E-state index in [2.05, 4.69) is 24.0 Å². The highest BCUT2D eigenvalue weighted by Gasteiger charge is 2.29. The first kappa shape index (κ1) is 25.4. The average Bonchev–Trinajstić information content (AvgIpc) is 3.31. The fourth-order valence-corrected chi connectivity index (χ4v) is 3.91. The molecule has 0 spiro atoms. The van der Waals surface area contributed by atoms with Crippen LogP contribution < -0.4 is 0 Å². The molecule has 9 nitrogen and oxygen atoms in total. The molecule has 0 aliphatic carbocycles. The number of aryl methyl sites for hydroxylation is 1. The Morgan fingerprint density at radius 3 is 2.47 bits per heavy atom. The number of carbonyl (C=O) groups is 3. The molecule has 0 atom stereocenters. The van der Waals surface area contributed by atoms with E-state index in [1.807, 2.05) is 24.3 Å². The van der Waals surface area contributed by atoms with Gasteiger partial charge >= 0.3 is 5.97 Å². The van der Waals surface area contributed by atoms with Crippen LogP contribution in [0.25, 0.3) is 11.4 Å². The number of esters is 1. The van der Waals surface area contributed by atoms with E-state index >= 15 is 0 Å². The molecule has 184 valence electrons. The van der Waals surface area contributed by atoms with Gasteiger partial charge in [0.05, 0.1) is 19.1 Å². The molecule has 2 amide bonds. The second-order valence-corrected chi connectivity index (χ2v) is 8.95. The van der Waals surface area contributed by atoms with Crippen molar-refractivity contribution in [2.75, 3.05) is 33.3 Å². The van der Waals surface area contributed by atoms with Crippen molar-refractivity contribution >= 4 is 17.8 Å². The van der Waals surface area contributed by atoms with Crippen molar-refractivity contribution in [3.8, 4) is 11.4 Å². The van der Waals surface area contributed by atoms with E-state index in [1.54, 1.807) is 18.9 Å². The van der Waals surface area contributed by atoms with E-state index in [0.29, 0.717) is 56.6 Å². The number of likely N-dealkylation sites (tertiary alicyclic amines) is 1. The van der Waals surface area contributed by atoms with Crippen LogP contribution >= 0.6 is 0 Å². The number of hydrogen-bond acceptors (Lipinski definition) is 7. The Balaban J connectivity index is 1.44. The Labute approximate surface area is 200 Å². The fourth-order valence-electron chi connectivity index (χ4n) is 3.91. The summed E-state index contributed by atoms with van der Waals surface area (Å²) >= 11 is 0. The molecule has 3 rings (SSSR count). The van der Waals surface area contributed by atoms with Crippen LogP contribution in [0, 0.1) is 5.92 Å². The maximum atomic E-state index is 12.6. The minimum absolute atomic E-state index is 0.000188. The molecule has 2 heterocycles. The number of ether oxygens (including phenoxy) is 1. The van der Waals surface area contributed by atoms with Gasteiger partial charge in [-0.2, -0.15) is 4.98 Å². The third-order valence-corrected chi connectivity index (χ3v) is 6.12. The zero-order valence-electron chi connectivity index (χ0n) is 20.5. The number of benzene rings is 1. The molecule has 0 radical (unpaired) electrons. The minimum Gasteiger partial charge on any atom is -0.466 e. The van der Waals surface area contributed by atoms with E-state index in [4.69, 9.17) is 9.26 Å². The predicted molar refractivity (Wildman–Crippen MR) is 126 cm³/mol. The fraction of sp³-hybridized carbons (Fsp3) is 0.560. The lowest BCUT2D eigenvalue weighted by Crippen LogP contribution is -2.45. The summed E-state index contributed by atoms with van der Waals surface area (Å²) in [6, 6.07) is 8.02. The lowest BCUT2D eigenvalue weighted by molar-refractivity contribution is -0.151. The lowest BCUT2D eigenvalue weighted by Gasteiger charge is -2.32. The van der Waals surface area contributed by atoms with Gasteiger partial charge in [-0.3, -0.25) is 14.4 Å². The molecular formula is C25H34N4O5. The zero-order valence-corrected chi connectivity index (χ0v) is 20.5. The SMILES string of the molecule is CCOC(=O)C1CCN(C(=O)CN(C)C(=O)CCc2nc(-c3ccc(C(C)C)cc3)no2)CC1. The van der Waals surface area contributed by atoms with Crippen LogP contribution in [0.15, 0.2) is 28.8 Å². The van der Waals surface area contributed by atoms with Gasteiger partial charge in [0.15, 0.2) is 0 Å². The third kappa shape index (κ3) is 6.65. The van der Waals surface area contributed by atoms with Crippen molar-refractivity contribution in [2.24, 2.45) is 5.92 Å². The monoisotopic (exact) mass is 470 g/mol. The first-order valence-electron chi connectivity index (χ1n) is 11.9. The normalized spacial score (nSPS) is 14.3. The Morgan fingerprint density at radius 1 is 1.18 bits per heavy atom. The van der Waals surface area contributed by atoms with E-state index in [1.165, 1.54) is 10.5 Å². The molecule has 34 heavy (non-hydrogen) atoms.